The van der Waals surface area contributed by atoms with Gasteiger partial charge in [-0.3, -0.25) is 0 Å². The molecule has 0 saturated heterocycles. The lowest BCUT2D eigenvalue weighted by Gasteiger charge is -2.21. The number of phenols is 1. The molecular weight excluding hydrogens is 230 g/mol. The van der Waals surface area contributed by atoms with Crippen LogP contribution in [0.25, 0.3) is 0 Å². The summed E-state index contributed by atoms with van der Waals surface area (Å²) in [5.74, 6) is 0.138. The lowest BCUT2D eigenvalue weighted by atomic mass is 10.1. The molecule has 1 aromatic carbocycles. The van der Waals surface area contributed by atoms with E-state index in [-0.39, 0.29) is 25.0 Å². The molecular formula is C11H16ClNO3. The highest BCUT2D eigenvalue weighted by Gasteiger charge is 2.14. The maximum atomic E-state index is 9.64. The van der Waals surface area contributed by atoms with E-state index in [2.05, 4.69) is 5.32 Å². The molecule has 0 bridgehead atoms. The number of aromatic hydroxyl groups is 1. The van der Waals surface area contributed by atoms with Gasteiger partial charge in [0.2, 0.25) is 0 Å². The second-order valence-electron chi connectivity index (χ2n) is 3.65. The van der Waals surface area contributed by atoms with E-state index < -0.39 is 6.04 Å². The largest absolute Gasteiger partial charge is 0.508 e. The summed E-state index contributed by atoms with van der Waals surface area (Å²) in [7, 11) is 0. The summed E-state index contributed by atoms with van der Waals surface area (Å²) >= 11 is 5.83. The van der Waals surface area contributed by atoms with Crippen LogP contribution in [0.5, 0.6) is 5.75 Å². The minimum absolute atomic E-state index is 0.138. The summed E-state index contributed by atoms with van der Waals surface area (Å²) in [4.78, 5) is 0. The van der Waals surface area contributed by atoms with Crippen LogP contribution in [0.3, 0.4) is 0 Å². The molecule has 90 valence electrons. The molecule has 1 unspecified atom stereocenters. The third-order valence-electron chi connectivity index (χ3n) is 2.38. The predicted molar refractivity (Wildman–Crippen MR) is 62.6 cm³/mol. The molecule has 0 radical (unpaired) electrons. The van der Waals surface area contributed by atoms with Crippen LogP contribution in [0.15, 0.2) is 18.2 Å². The molecule has 1 atom stereocenters. The molecule has 0 fully saturated rings. The van der Waals surface area contributed by atoms with Crippen LogP contribution in [0, 0.1) is 0 Å². The van der Waals surface area contributed by atoms with Crippen LogP contribution < -0.4 is 5.32 Å². The number of hydrogen-bond acceptors (Lipinski definition) is 4. The highest BCUT2D eigenvalue weighted by atomic mass is 35.5. The van der Waals surface area contributed by atoms with E-state index in [9.17, 15) is 5.11 Å². The Morgan fingerprint density at radius 2 is 1.94 bits per heavy atom. The van der Waals surface area contributed by atoms with E-state index in [0.29, 0.717) is 10.6 Å². The maximum absolute atomic E-state index is 9.64. The van der Waals surface area contributed by atoms with Crippen molar-refractivity contribution in [2.45, 2.75) is 19.0 Å². The molecule has 1 rings (SSSR count). The molecule has 0 saturated carbocycles. The van der Waals surface area contributed by atoms with Gasteiger partial charge in [0.15, 0.2) is 0 Å². The fraction of sp³-hybridized carbons (Fsp3) is 0.455. The lowest BCUT2D eigenvalue weighted by Crippen LogP contribution is -2.37. The van der Waals surface area contributed by atoms with Crippen molar-refractivity contribution in [3.8, 4) is 5.75 Å². The van der Waals surface area contributed by atoms with Crippen LogP contribution in [0.4, 0.5) is 0 Å². The van der Waals surface area contributed by atoms with Crippen LogP contribution in [-0.4, -0.2) is 34.6 Å². The molecule has 0 aliphatic rings. The fourth-order valence-electron chi connectivity index (χ4n) is 1.48. The Morgan fingerprint density at radius 3 is 2.50 bits per heavy atom. The fourth-order valence-corrected chi connectivity index (χ4v) is 1.66. The van der Waals surface area contributed by atoms with Crippen molar-refractivity contribution in [2.75, 3.05) is 13.2 Å². The summed E-state index contributed by atoms with van der Waals surface area (Å²) in [6.45, 7) is 1.49. The minimum Gasteiger partial charge on any atom is -0.508 e. The zero-order valence-corrected chi connectivity index (χ0v) is 9.78. The van der Waals surface area contributed by atoms with Crippen LogP contribution in [-0.2, 0) is 0 Å². The number of aliphatic hydroxyl groups excluding tert-OH is 2. The Hall–Kier alpha value is -0.810. The normalized spacial score (nSPS) is 13.1. The number of rotatable bonds is 5. The van der Waals surface area contributed by atoms with Crippen molar-refractivity contribution in [1.82, 2.24) is 5.32 Å². The molecule has 0 spiro atoms. The van der Waals surface area contributed by atoms with Crippen molar-refractivity contribution in [3.05, 3.63) is 28.8 Å². The van der Waals surface area contributed by atoms with Crippen LogP contribution in [0.2, 0.25) is 5.02 Å². The van der Waals surface area contributed by atoms with Gasteiger partial charge in [0.1, 0.15) is 5.75 Å². The third kappa shape index (κ3) is 3.35. The Labute approximate surface area is 99.5 Å². The number of phenolic OH excluding ortho intramolecular Hbond substituents is 1. The van der Waals surface area contributed by atoms with E-state index in [4.69, 9.17) is 21.8 Å². The average molecular weight is 246 g/mol. The predicted octanol–water partition coefficient (Wildman–Crippen LogP) is 1.05. The van der Waals surface area contributed by atoms with Gasteiger partial charge < -0.3 is 20.6 Å². The summed E-state index contributed by atoms with van der Waals surface area (Å²) in [6.07, 6.45) is 0. The quantitative estimate of drug-likeness (QED) is 0.626. The van der Waals surface area contributed by atoms with E-state index in [1.165, 1.54) is 6.07 Å². The minimum atomic E-state index is -0.409. The first-order chi connectivity index (χ1) is 7.58. The van der Waals surface area contributed by atoms with Gasteiger partial charge in [-0.25, -0.2) is 0 Å². The summed E-state index contributed by atoms with van der Waals surface area (Å²) in [6, 6.07) is 4.16. The van der Waals surface area contributed by atoms with Gasteiger partial charge in [-0.1, -0.05) is 11.6 Å². The molecule has 0 amide bonds. The van der Waals surface area contributed by atoms with E-state index in [1.807, 2.05) is 6.92 Å². The highest BCUT2D eigenvalue weighted by Crippen LogP contribution is 2.27. The summed E-state index contributed by atoms with van der Waals surface area (Å²) in [5, 5.41) is 31.0. The standard InChI is InChI=1S/C11H16ClNO3/c1-7(13-9(5-14)6-15)10-4-8(12)2-3-11(10)16/h2-4,7,9,13-16H,5-6H2,1H3. The van der Waals surface area contributed by atoms with E-state index in [1.54, 1.807) is 12.1 Å². The number of benzene rings is 1. The van der Waals surface area contributed by atoms with Crippen molar-refractivity contribution >= 4 is 11.6 Å². The van der Waals surface area contributed by atoms with Crippen molar-refractivity contribution in [2.24, 2.45) is 0 Å². The molecule has 0 aliphatic heterocycles. The van der Waals surface area contributed by atoms with Gasteiger partial charge in [-0.2, -0.15) is 0 Å². The highest BCUT2D eigenvalue weighted by molar-refractivity contribution is 6.30. The molecule has 0 aliphatic carbocycles. The zero-order valence-electron chi connectivity index (χ0n) is 9.02. The smallest absolute Gasteiger partial charge is 0.120 e. The molecule has 16 heavy (non-hydrogen) atoms. The molecule has 1 aromatic rings. The monoisotopic (exact) mass is 245 g/mol. The van der Waals surface area contributed by atoms with Crippen molar-refractivity contribution < 1.29 is 15.3 Å². The Balaban J connectivity index is 2.79. The Morgan fingerprint density at radius 1 is 1.31 bits per heavy atom. The topological polar surface area (TPSA) is 72.7 Å². The summed E-state index contributed by atoms with van der Waals surface area (Å²) in [5.41, 5.74) is 0.638. The SMILES string of the molecule is CC(NC(CO)CO)c1cc(Cl)ccc1O. The first-order valence-corrected chi connectivity index (χ1v) is 5.42. The van der Waals surface area contributed by atoms with Gasteiger partial charge in [0, 0.05) is 16.6 Å². The third-order valence-corrected chi connectivity index (χ3v) is 2.62. The van der Waals surface area contributed by atoms with Gasteiger partial charge in [0.25, 0.3) is 0 Å². The van der Waals surface area contributed by atoms with Crippen LogP contribution >= 0.6 is 11.6 Å². The number of hydrogen-bond donors (Lipinski definition) is 4. The first kappa shape index (κ1) is 13.3. The molecule has 0 heterocycles. The lowest BCUT2D eigenvalue weighted by molar-refractivity contribution is 0.163. The van der Waals surface area contributed by atoms with Crippen LogP contribution in [0.1, 0.15) is 18.5 Å². The van der Waals surface area contributed by atoms with Gasteiger partial charge in [-0.15, -0.1) is 0 Å². The molecule has 5 heteroatoms. The van der Waals surface area contributed by atoms with Gasteiger partial charge in [-0.05, 0) is 25.1 Å². The molecule has 4 N–H and O–H groups in total. The first-order valence-electron chi connectivity index (χ1n) is 5.04. The summed E-state index contributed by atoms with van der Waals surface area (Å²) < 4.78 is 0. The maximum Gasteiger partial charge on any atom is 0.120 e. The molecule has 4 nitrogen and oxygen atoms in total. The van der Waals surface area contributed by atoms with Crippen molar-refractivity contribution in [3.63, 3.8) is 0 Å². The Bertz CT molecular complexity index is 342. The molecule has 0 aromatic heterocycles. The second-order valence-corrected chi connectivity index (χ2v) is 4.09. The van der Waals surface area contributed by atoms with E-state index in [0.717, 1.165) is 0 Å². The number of aliphatic hydroxyl groups is 2. The number of halogens is 1. The van der Waals surface area contributed by atoms with Crippen molar-refractivity contribution in [1.29, 1.82) is 0 Å². The van der Waals surface area contributed by atoms with Gasteiger partial charge >= 0.3 is 0 Å². The Kier molecular flexibility index (Phi) is 5.02. The van der Waals surface area contributed by atoms with E-state index >= 15 is 0 Å². The zero-order chi connectivity index (χ0) is 12.1. The second kappa shape index (κ2) is 6.06. The number of nitrogens with one attached hydrogen (secondary N) is 1. The average Bonchev–Trinajstić information content (AvgIpc) is 2.28. The van der Waals surface area contributed by atoms with Gasteiger partial charge in [0.05, 0.1) is 19.3 Å².